The topological polar surface area (TPSA) is 91.7 Å². The molecule has 28 heavy (non-hydrogen) atoms. The van der Waals surface area contributed by atoms with Crippen molar-refractivity contribution in [2.45, 2.75) is 38.2 Å². The maximum Gasteiger partial charge on any atom is 0.385 e. The standard InChI is InChI=1S/C19H22F2N4O3/c1-12-5-3-4-6-13(12)19(7-8-19)18(22)24-28-17(26)14-11-15(16(20)21)25(23-14)9-10-27-2/h3-6,11,16H,7-10H2,1-2H3,(H2,22,24). The van der Waals surface area contributed by atoms with Crippen LogP contribution in [-0.2, 0) is 21.5 Å². The number of amidine groups is 1. The van der Waals surface area contributed by atoms with E-state index >= 15 is 0 Å². The molecule has 1 aromatic carbocycles. The number of aromatic nitrogens is 2. The quantitative estimate of drug-likeness (QED) is 0.323. The molecule has 3 rings (SSSR count). The molecule has 0 amide bonds. The summed E-state index contributed by atoms with van der Waals surface area (Å²) in [6, 6.07) is 8.79. The van der Waals surface area contributed by atoms with Crippen LogP contribution >= 0.6 is 0 Å². The summed E-state index contributed by atoms with van der Waals surface area (Å²) in [4.78, 5) is 17.1. The Labute approximate surface area is 161 Å². The van der Waals surface area contributed by atoms with E-state index in [4.69, 9.17) is 15.3 Å². The molecular weight excluding hydrogens is 370 g/mol. The Hall–Kier alpha value is -2.81. The normalized spacial score (nSPS) is 15.7. The number of nitrogens with two attached hydrogens (primary N) is 1. The van der Waals surface area contributed by atoms with E-state index in [2.05, 4.69) is 10.3 Å². The Bertz CT molecular complexity index is 891. The van der Waals surface area contributed by atoms with Gasteiger partial charge in [-0.05, 0) is 30.9 Å². The molecule has 150 valence electrons. The lowest BCUT2D eigenvalue weighted by Gasteiger charge is -2.16. The van der Waals surface area contributed by atoms with Gasteiger partial charge in [-0.2, -0.15) is 5.10 Å². The predicted octanol–water partition coefficient (Wildman–Crippen LogP) is 2.94. The van der Waals surface area contributed by atoms with Crippen molar-refractivity contribution >= 4 is 11.8 Å². The first-order valence-corrected chi connectivity index (χ1v) is 8.85. The first-order valence-electron chi connectivity index (χ1n) is 8.85. The number of benzene rings is 1. The highest BCUT2D eigenvalue weighted by atomic mass is 19.3. The molecule has 0 bridgehead atoms. The van der Waals surface area contributed by atoms with Crippen molar-refractivity contribution in [3.8, 4) is 0 Å². The number of methoxy groups -OCH3 is 1. The summed E-state index contributed by atoms with van der Waals surface area (Å²) in [5.41, 5.74) is 7.11. The predicted molar refractivity (Wildman–Crippen MR) is 98.2 cm³/mol. The van der Waals surface area contributed by atoms with Crippen molar-refractivity contribution < 1.29 is 23.1 Å². The van der Waals surface area contributed by atoms with Gasteiger partial charge in [-0.1, -0.05) is 29.4 Å². The zero-order chi connectivity index (χ0) is 20.3. The molecular formula is C19H22F2N4O3. The van der Waals surface area contributed by atoms with Crippen LogP contribution in [0.5, 0.6) is 0 Å². The van der Waals surface area contributed by atoms with Gasteiger partial charge in [0.25, 0.3) is 6.43 Å². The van der Waals surface area contributed by atoms with Gasteiger partial charge in [-0.3, -0.25) is 4.68 Å². The van der Waals surface area contributed by atoms with Crippen molar-refractivity contribution in [2.24, 2.45) is 10.9 Å². The van der Waals surface area contributed by atoms with Crippen LogP contribution in [0.2, 0.25) is 0 Å². The smallest absolute Gasteiger partial charge is 0.384 e. The summed E-state index contributed by atoms with van der Waals surface area (Å²) in [5.74, 6) is -0.760. The fourth-order valence-corrected chi connectivity index (χ4v) is 3.19. The number of halogens is 2. The van der Waals surface area contributed by atoms with Gasteiger partial charge in [0.1, 0.15) is 5.69 Å². The summed E-state index contributed by atoms with van der Waals surface area (Å²) in [6.07, 6.45) is -1.19. The lowest BCUT2D eigenvalue weighted by molar-refractivity contribution is 0.0505. The molecule has 1 fully saturated rings. The van der Waals surface area contributed by atoms with Gasteiger partial charge >= 0.3 is 5.97 Å². The van der Waals surface area contributed by atoms with E-state index in [9.17, 15) is 13.6 Å². The number of oxime groups is 1. The Kier molecular flexibility index (Phi) is 5.73. The van der Waals surface area contributed by atoms with E-state index in [0.717, 1.165) is 34.7 Å². The van der Waals surface area contributed by atoms with E-state index < -0.39 is 17.8 Å². The van der Waals surface area contributed by atoms with Crippen LogP contribution in [0.25, 0.3) is 0 Å². The Balaban J connectivity index is 1.75. The van der Waals surface area contributed by atoms with Crippen molar-refractivity contribution in [1.82, 2.24) is 9.78 Å². The Morgan fingerprint density at radius 1 is 1.39 bits per heavy atom. The second-order valence-electron chi connectivity index (χ2n) is 6.72. The lowest BCUT2D eigenvalue weighted by atomic mass is 9.91. The monoisotopic (exact) mass is 392 g/mol. The average molecular weight is 392 g/mol. The first kappa shape index (κ1) is 19.9. The molecule has 1 aliphatic rings. The summed E-state index contributed by atoms with van der Waals surface area (Å²) in [6.45, 7) is 2.25. The Morgan fingerprint density at radius 2 is 2.11 bits per heavy atom. The van der Waals surface area contributed by atoms with E-state index in [0.29, 0.717) is 0 Å². The molecule has 0 radical (unpaired) electrons. The molecule has 7 nitrogen and oxygen atoms in total. The highest BCUT2D eigenvalue weighted by Gasteiger charge is 2.49. The molecule has 0 unspecified atom stereocenters. The van der Waals surface area contributed by atoms with E-state index in [1.54, 1.807) is 0 Å². The maximum absolute atomic E-state index is 13.1. The SMILES string of the molecule is COCCn1nc(C(=O)O/N=C(\N)C2(c3ccccc3C)CC2)cc1C(F)F. The number of carbonyl (C=O) groups is 1. The maximum atomic E-state index is 13.1. The number of hydrogen-bond acceptors (Lipinski definition) is 5. The fraction of sp³-hybridized carbons (Fsp3) is 0.421. The molecule has 1 saturated carbocycles. The molecule has 2 aromatic rings. The largest absolute Gasteiger partial charge is 0.385 e. The summed E-state index contributed by atoms with van der Waals surface area (Å²) in [5, 5.41) is 7.65. The molecule has 0 spiro atoms. The second-order valence-corrected chi connectivity index (χ2v) is 6.72. The minimum absolute atomic E-state index is 0.0885. The van der Waals surface area contributed by atoms with Crippen LogP contribution < -0.4 is 5.73 Å². The van der Waals surface area contributed by atoms with Gasteiger partial charge in [0.05, 0.1) is 18.6 Å². The van der Waals surface area contributed by atoms with Gasteiger partial charge in [-0.15, -0.1) is 0 Å². The van der Waals surface area contributed by atoms with Gasteiger partial charge < -0.3 is 15.3 Å². The summed E-state index contributed by atoms with van der Waals surface area (Å²) >= 11 is 0. The number of nitrogens with zero attached hydrogens (tertiary/aromatic N) is 3. The molecule has 1 heterocycles. The van der Waals surface area contributed by atoms with Crippen molar-refractivity contribution in [1.29, 1.82) is 0 Å². The third kappa shape index (κ3) is 3.89. The van der Waals surface area contributed by atoms with Crippen molar-refractivity contribution in [3.63, 3.8) is 0 Å². The van der Waals surface area contributed by atoms with Crippen LogP contribution in [0.1, 0.15) is 46.6 Å². The molecule has 2 N–H and O–H groups in total. The van der Waals surface area contributed by atoms with E-state index in [-0.39, 0.29) is 30.4 Å². The molecule has 9 heteroatoms. The van der Waals surface area contributed by atoms with Gasteiger partial charge in [0, 0.05) is 13.2 Å². The summed E-state index contributed by atoms with van der Waals surface area (Å²) in [7, 11) is 1.44. The third-order valence-electron chi connectivity index (χ3n) is 4.88. The van der Waals surface area contributed by atoms with Crippen LogP contribution in [0.3, 0.4) is 0 Å². The number of aryl methyl sites for hydroxylation is 1. The van der Waals surface area contributed by atoms with Crippen molar-refractivity contribution in [2.75, 3.05) is 13.7 Å². The zero-order valence-corrected chi connectivity index (χ0v) is 15.7. The van der Waals surface area contributed by atoms with Crippen LogP contribution in [0, 0.1) is 6.92 Å². The molecule has 0 saturated heterocycles. The zero-order valence-electron chi connectivity index (χ0n) is 15.7. The summed E-state index contributed by atoms with van der Waals surface area (Å²) < 4.78 is 32.2. The number of carbonyl (C=O) groups excluding carboxylic acids is 1. The van der Waals surface area contributed by atoms with Crippen LogP contribution in [-0.4, -0.2) is 35.3 Å². The molecule has 1 aliphatic carbocycles. The van der Waals surface area contributed by atoms with Gasteiger partial charge in [0.2, 0.25) is 0 Å². The van der Waals surface area contributed by atoms with Crippen molar-refractivity contribution in [3.05, 3.63) is 52.8 Å². The first-order chi connectivity index (χ1) is 13.4. The minimum atomic E-state index is -2.78. The van der Waals surface area contributed by atoms with Gasteiger partial charge in [0.15, 0.2) is 11.5 Å². The fourth-order valence-electron chi connectivity index (χ4n) is 3.19. The lowest BCUT2D eigenvalue weighted by Crippen LogP contribution is -2.30. The van der Waals surface area contributed by atoms with Crippen LogP contribution in [0.4, 0.5) is 8.78 Å². The minimum Gasteiger partial charge on any atom is -0.384 e. The van der Waals surface area contributed by atoms with E-state index in [1.807, 2.05) is 31.2 Å². The second kappa shape index (κ2) is 8.05. The molecule has 0 aliphatic heterocycles. The number of rotatable bonds is 8. The number of alkyl halides is 2. The number of ether oxygens (including phenoxy) is 1. The highest BCUT2D eigenvalue weighted by molar-refractivity contribution is 5.95. The third-order valence-corrected chi connectivity index (χ3v) is 4.88. The van der Waals surface area contributed by atoms with Crippen LogP contribution in [0.15, 0.2) is 35.5 Å². The average Bonchev–Trinajstić information content (AvgIpc) is 3.36. The number of hydrogen-bond donors (Lipinski definition) is 1. The van der Waals surface area contributed by atoms with Gasteiger partial charge in [-0.25, -0.2) is 13.6 Å². The highest BCUT2D eigenvalue weighted by Crippen LogP contribution is 2.49. The Morgan fingerprint density at radius 3 is 2.71 bits per heavy atom. The molecule has 0 atom stereocenters. The molecule has 1 aromatic heterocycles. The van der Waals surface area contributed by atoms with E-state index in [1.165, 1.54) is 7.11 Å².